The van der Waals surface area contributed by atoms with Gasteiger partial charge in [0.1, 0.15) is 19.5 Å². The molecule has 1 atom stereocenters. The second kappa shape index (κ2) is 5.10. The fourth-order valence-corrected chi connectivity index (χ4v) is 1.40. The van der Waals surface area contributed by atoms with Crippen molar-refractivity contribution in [1.82, 2.24) is 19.5 Å². The van der Waals surface area contributed by atoms with Crippen molar-refractivity contribution < 1.29 is 14.2 Å². The summed E-state index contributed by atoms with van der Waals surface area (Å²) in [4.78, 5) is 21.5. The van der Waals surface area contributed by atoms with Crippen LogP contribution in [0.4, 0.5) is 10.3 Å². The molecule has 18 heavy (non-hydrogen) atoms. The van der Waals surface area contributed by atoms with Gasteiger partial charge in [0.15, 0.2) is 11.2 Å². The number of anilines is 1. The van der Waals surface area contributed by atoms with E-state index >= 15 is 0 Å². The number of imidazole rings is 1. The van der Waals surface area contributed by atoms with Gasteiger partial charge in [0, 0.05) is 0 Å². The van der Waals surface area contributed by atoms with Crippen molar-refractivity contribution in [2.45, 2.75) is 12.8 Å². The fraction of sp³-hybridized carbons (Fsp3) is 0.444. The molecule has 0 aliphatic heterocycles. The average molecular weight is 257 g/mol. The van der Waals surface area contributed by atoms with Crippen LogP contribution in [0.2, 0.25) is 0 Å². The van der Waals surface area contributed by atoms with E-state index in [-0.39, 0.29) is 23.8 Å². The molecule has 2 rings (SSSR count). The number of hydrogen-bond donors (Lipinski definition) is 3. The van der Waals surface area contributed by atoms with E-state index in [2.05, 4.69) is 15.0 Å². The number of rotatable bonds is 5. The second-order valence-corrected chi connectivity index (χ2v) is 3.59. The number of alkyl halides is 1. The SMILES string of the molecule is Nc1nc2c(ncn2CO[C@H](CO)CF)c(=O)[nH]1. The molecule has 8 nitrogen and oxygen atoms in total. The average Bonchev–Trinajstić information content (AvgIpc) is 2.74. The third-order valence-corrected chi connectivity index (χ3v) is 2.32. The summed E-state index contributed by atoms with van der Waals surface area (Å²) in [5.41, 5.74) is 5.32. The minimum atomic E-state index is -0.915. The van der Waals surface area contributed by atoms with E-state index in [0.29, 0.717) is 0 Å². The van der Waals surface area contributed by atoms with Crippen LogP contribution >= 0.6 is 0 Å². The first-order valence-electron chi connectivity index (χ1n) is 5.14. The van der Waals surface area contributed by atoms with Gasteiger partial charge in [0.25, 0.3) is 5.56 Å². The maximum absolute atomic E-state index is 12.3. The quantitative estimate of drug-likeness (QED) is 0.632. The van der Waals surface area contributed by atoms with Gasteiger partial charge in [-0.05, 0) is 0 Å². The maximum atomic E-state index is 12.3. The van der Waals surface area contributed by atoms with Gasteiger partial charge >= 0.3 is 0 Å². The molecule has 2 aromatic rings. The highest BCUT2D eigenvalue weighted by molar-refractivity contribution is 5.70. The van der Waals surface area contributed by atoms with Crippen molar-refractivity contribution in [2.75, 3.05) is 19.0 Å². The number of aliphatic hydroxyl groups excluding tert-OH is 1. The normalized spacial score (nSPS) is 13.0. The van der Waals surface area contributed by atoms with E-state index in [1.807, 2.05) is 0 Å². The van der Waals surface area contributed by atoms with Crippen molar-refractivity contribution in [3.63, 3.8) is 0 Å². The molecule has 0 amide bonds. The predicted octanol–water partition coefficient (Wildman–Crippen LogP) is -0.994. The van der Waals surface area contributed by atoms with Crippen molar-refractivity contribution >= 4 is 17.1 Å². The number of nitrogen functional groups attached to an aromatic ring is 1. The topological polar surface area (TPSA) is 119 Å². The van der Waals surface area contributed by atoms with Crippen LogP contribution in [0.25, 0.3) is 11.2 Å². The molecule has 2 heterocycles. The van der Waals surface area contributed by atoms with Gasteiger partial charge in [-0.3, -0.25) is 14.3 Å². The van der Waals surface area contributed by atoms with Crippen LogP contribution in [0, 0.1) is 0 Å². The minimum absolute atomic E-state index is 0.0431. The Labute approximate surface area is 100 Å². The standard InChI is InChI=1S/C9H12FN5O3/c10-1-5(2-16)18-4-15-3-12-6-7(15)13-9(11)14-8(6)17/h3,5,16H,1-2,4H2,(H3,11,13,14,17)/t5-/m0/s1. The lowest BCUT2D eigenvalue weighted by Crippen LogP contribution is -2.21. The van der Waals surface area contributed by atoms with Crippen LogP contribution in [0.5, 0.6) is 0 Å². The van der Waals surface area contributed by atoms with Gasteiger partial charge < -0.3 is 15.6 Å². The Balaban J connectivity index is 2.27. The summed E-state index contributed by atoms with van der Waals surface area (Å²) in [7, 11) is 0. The molecule has 0 aliphatic rings. The summed E-state index contributed by atoms with van der Waals surface area (Å²) in [5.74, 6) is -0.0431. The van der Waals surface area contributed by atoms with E-state index in [1.54, 1.807) is 0 Å². The smallest absolute Gasteiger partial charge is 0.280 e. The van der Waals surface area contributed by atoms with Gasteiger partial charge in [-0.2, -0.15) is 4.98 Å². The first kappa shape index (κ1) is 12.5. The Kier molecular flexibility index (Phi) is 3.53. The third kappa shape index (κ3) is 2.31. The molecule has 0 aromatic carbocycles. The number of nitrogens with zero attached hydrogens (tertiary/aromatic N) is 3. The summed E-state index contributed by atoms with van der Waals surface area (Å²) < 4.78 is 18.8. The lowest BCUT2D eigenvalue weighted by Gasteiger charge is -2.11. The molecular weight excluding hydrogens is 245 g/mol. The molecule has 0 radical (unpaired) electrons. The van der Waals surface area contributed by atoms with Crippen LogP contribution in [-0.2, 0) is 11.5 Å². The second-order valence-electron chi connectivity index (χ2n) is 3.59. The predicted molar refractivity (Wildman–Crippen MR) is 60.5 cm³/mol. The Morgan fingerprint density at radius 3 is 3.11 bits per heavy atom. The number of aliphatic hydroxyl groups is 1. The van der Waals surface area contributed by atoms with Gasteiger partial charge in [-0.25, -0.2) is 9.37 Å². The molecule has 2 aromatic heterocycles. The number of nitrogens with two attached hydrogens (primary N) is 1. The minimum Gasteiger partial charge on any atom is -0.394 e. The van der Waals surface area contributed by atoms with Crippen molar-refractivity contribution in [3.05, 3.63) is 16.7 Å². The molecule has 9 heteroatoms. The highest BCUT2D eigenvalue weighted by Crippen LogP contribution is 2.07. The molecule has 0 fully saturated rings. The van der Waals surface area contributed by atoms with Crippen LogP contribution in [-0.4, -0.2) is 44.0 Å². The van der Waals surface area contributed by atoms with Gasteiger partial charge in [0.05, 0.1) is 12.9 Å². The number of halogens is 1. The van der Waals surface area contributed by atoms with Crippen LogP contribution in [0.3, 0.4) is 0 Å². The summed E-state index contributed by atoms with van der Waals surface area (Å²) in [5, 5.41) is 8.78. The van der Waals surface area contributed by atoms with E-state index in [1.165, 1.54) is 10.9 Å². The Morgan fingerprint density at radius 2 is 2.44 bits per heavy atom. The van der Waals surface area contributed by atoms with E-state index in [9.17, 15) is 9.18 Å². The van der Waals surface area contributed by atoms with Crippen LogP contribution in [0.15, 0.2) is 11.1 Å². The molecule has 0 bridgehead atoms. The monoisotopic (exact) mass is 257 g/mol. The fourth-order valence-electron chi connectivity index (χ4n) is 1.40. The highest BCUT2D eigenvalue weighted by Gasteiger charge is 2.11. The third-order valence-electron chi connectivity index (χ3n) is 2.32. The first-order chi connectivity index (χ1) is 8.65. The molecule has 0 unspecified atom stereocenters. The molecule has 0 saturated heterocycles. The Hall–Kier alpha value is -2.00. The number of ether oxygens (including phenoxy) is 1. The first-order valence-corrected chi connectivity index (χ1v) is 5.14. The van der Waals surface area contributed by atoms with Crippen LogP contribution in [0.1, 0.15) is 0 Å². The van der Waals surface area contributed by atoms with E-state index in [4.69, 9.17) is 15.6 Å². The Bertz CT molecular complexity index is 591. The van der Waals surface area contributed by atoms with Gasteiger partial charge in [-0.15, -0.1) is 0 Å². The van der Waals surface area contributed by atoms with Gasteiger partial charge in [-0.1, -0.05) is 0 Å². The summed E-state index contributed by atoms with van der Waals surface area (Å²) in [6.07, 6.45) is 0.417. The zero-order valence-electron chi connectivity index (χ0n) is 9.34. The summed E-state index contributed by atoms with van der Waals surface area (Å²) in [6.45, 7) is -1.32. The van der Waals surface area contributed by atoms with E-state index in [0.717, 1.165) is 0 Å². The molecular formula is C9H12FN5O3. The number of fused-ring (bicyclic) bond motifs is 1. The van der Waals surface area contributed by atoms with Crippen LogP contribution < -0.4 is 11.3 Å². The molecule has 0 aliphatic carbocycles. The molecule has 98 valence electrons. The van der Waals surface area contributed by atoms with Gasteiger partial charge in [0.2, 0.25) is 5.95 Å². The molecule has 0 saturated carbocycles. The molecule has 4 N–H and O–H groups in total. The zero-order chi connectivity index (χ0) is 13.1. The van der Waals surface area contributed by atoms with E-state index < -0.39 is 24.9 Å². The number of hydrogen-bond acceptors (Lipinski definition) is 6. The zero-order valence-corrected chi connectivity index (χ0v) is 9.34. The van der Waals surface area contributed by atoms with Crippen molar-refractivity contribution in [3.8, 4) is 0 Å². The van der Waals surface area contributed by atoms with Crippen molar-refractivity contribution in [1.29, 1.82) is 0 Å². The lowest BCUT2D eigenvalue weighted by molar-refractivity contribution is -0.0336. The Morgan fingerprint density at radius 1 is 1.67 bits per heavy atom. The van der Waals surface area contributed by atoms with Crippen molar-refractivity contribution in [2.24, 2.45) is 0 Å². The maximum Gasteiger partial charge on any atom is 0.280 e. The molecule has 0 spiro atoms. The largest absolute Gasteiger partial charge is 0.394 e. The number of aromatic amines is 1. The number of H-pyrrole nitrogens is 1. The number of aromatic nitrogens is 4. The summed E-state index contributed by atoms with van der Waals surface area (Å²) in [6, 6.07) is 0. The lowest BCUT2D eigenvalue weighted by atomic mass is 10.4. The summed E-state index contributed by atoms with van der Waals surface area (Å²) >= 11 is 0. The highest BCUT2D eigenvalue weighted by atomic mass is 19.1. The number of nitrogens with one attached hydrogen (secondary N) is 1.